The van der Waals surface area contributed by atoms with E-state index < -0.39 is 4.92 Å². The van der Waals surface area contributed by atoms with Crippen LogP contribution in [0, 0.1) is 15.9 Å². The van der Waals surface area contributed by atoms with Gasteiger partial charge in [-0.3, -0.25) is 10.1 Å². The van der Waals surface area contributed by atoms with Gasteiger partial charge in [0.1, 0.15) is 5.82 Å². The number of nitrogens with zero attached hydrogens (tertiary/aromatic N) is 1. The fraction of sp³-hybridized carbons (Fsp3) is 0.200. The highest BCUT2D eigenvalue weighted by Gasteiger charge is 2.07. The van der Waals surface area contributed by atoms with Gasteiger partial charge in [0.2, 0.25) is 0 Å². The number of halogens is 1. The summed E-state index contributed by atoms with van der Waals surface area (Å²) in [5.74, 6) is -0.245. The van der Waals surface area contributed by atoms with E-state index in [1.54, 1.807) is 18.2 Å². The lowest BCUT2D eigenvalue weighted by Gasteiger charge is -2.15. The largest absolute Gasteiger partial charge is 0.382 e. The Labute approximate surface area is 116 Å². The predicted octanol–water partition coefficient (Wildman–Crippen LogP) is 3.78. The van der Waals surface area contributed by atoms with Gasteiger partial charge >= 0.3 is 0 Å². The van der Waals surface area contributed by atoms with Crippen LogP contribution < -0.4 is 5.32 Å². The quantitative estimate of drug-likeness (QED) is 0.667. The third-order valence-corrected chi connectivity index (χ3v) is 2.92. The van der Waals surface area contributed by atoms with Crippen molar-refractivity contribution in [3.8, 4) is 0 Å². The standard InChI is InChI=1S/C15H15FN2O2/c1-11(9-12-3-2-4-13(16)10-12)17-14-5-7-15(8-6-14)18(19)20/h2-8,10-11,17H,9H2,1H3. The molecule has 0 saturated heterocycles. The van der Waals surface area contributed by atoms with Gasteiger partial charge in [-0.1, -0.05) is 12.1 Å². The first kappa shape index (κ1) is 14.0. The summed E-state index contributed by atoms with van der Waals surface area (Å²) in [4.78, 5) is 10.1. The lowest BCUT2D eigenvalue weighted by atomic mass is 10.1. The Morgan fingerprint density at radius 1 is 1.25 bits per heavy atom. The fourth-order valence-corrected chi connectivity index (χ4v) is 2.03. The highest BCUT2D eigenvalue weighted by atomic mass is 19.1. The van der Waals surface area contributed by atoms with E-state index in [9.17, 15) is 14.5 Å². The zero-order valence-corrected chi connectivity index (χ0v) is 11.0. The SMILES string of the molecule is CC(Cc1cccc(F)c1)Nc1ccc([N+](=O)[O-])cc1. The average molecular weight is 274 g/mol. The normalized spacial score (nSPS) is 11.9. The topological polar surface area (TPSA) is 55.2 Å². The molecule has 0 aliphatic carbocycles. The van der Waals surface area contributed by atoms with Gasteiger partial charge in [-0.15, -0.1) is 0 Å². The molecule has 1 atom stereocenters. The molecule has 5 heteroatoms. The van der Waals surface area contributed by atoms with Crippen molar-refractivity contribution >= 4 is 11.4 Å². The molecule has 0 radical (unpaired) electrons. The van der Waals surface area contributed by atoms with Crippen LogP contribution in [0.15, 0.2) is 48.5 Å². The van der Waals surface area contributed by atoms with Crippen LogP contribution in [0.1, 0.15) is 12.5 Å². The van der Waals surface area contributed by atoms with Crippen LogP contribution in [0.3, 0.4) is 0 Å². The zero-order chi connectivity index (χ0) is 14.5. The van der Waals surface area contributed by atoms with Crippen LogP contribution >= 0.6 is 0 Å². The van der Waals surface area contributed by atoms with Gasteiger partial charge in [0.15, 0.2) is 0 Å². The number of benzene rings is 2. The summed E-state index contributed by atoms with van der Waals surface area (Å²) < 4.78 is 13.1. The van der Waals surface area contributed by atoms with Crippen LogP contribution in [0.2, 0.25) is 0 Å². The van der Waals surface area contributed by atoms with Crippen molar-refractivity contribution in [2.24, 2.45) is 0 Å². The van der Waals surface area contributed by atoms with E-state index in [4.69, 9.17) is 0 Å². The Bertz CT molecular complexity index is 599. The van der Waals surface area contributed by atoms with E-state index in [-0.39, 0.29) is 17.5 Å². The van der Waals surface area contributed by atoms with E-state index in [0.29, 0.717) is 6.42 Å². The first-order valence-corrected chi connectivity index (χ1v) is 6.30. The van der Waals surface area contributed by atoms with Crippen LogP contribution in [0.25, 0.3) is 0 Å². The van der Waals surface area contributed by atoms with Crippen LogP contribution in [-0.2, 0) is 6.42 Å². The molecular weight excluding hydrogens is 259 g/mol. The van der Waals surface area contributed by atoms with Crippen LogP contribution in [-0.4, -0.2) is 11.0 Å². The minimum absolute atomic E-state index is 0.0633. The molecule has 0 bridgehead atoms. The van der Waals surface area contributed by atoms with E-state index >= 15 is 0 Å². The average Bonchev–Trinajstić information content (AvgIpc) is 2.39. The van der Waals surface area contributed by atoms with Gasteiger partial charge in [-0.25, -0.2) is 4.39 Å². The van der Waals surface area contributed by atoms with E-state index in [1.165, 1.54) is 24.3 Å². The predicted molar refractivity (Wildman–Crippen MR) is 76.3 cm³/mol. The number of nitro benzene ring substituents is 1. The number of anilines is 1. The minimum Gasteiger partial charge on any atom is -0.382 e. The van der Waals surface area contributed by atoms with Crippen molar-refractivity contribution in [2.75, 3.05) is 5.32 Å². The lowest BCUT2D eigenvalue weighted by molar-refractivity contribution is -0.384. The van der Waals surface area contributed by atoms with Gasteiger partial charge in [-0.2, -0.15) is 0 Å². The summed E-state index contributed by atoms with van der Waals surface area (Å²) in [6.45, 7) is 1.98. The fourth-order valence-electron chi connectivity index (χ4n) is 2.03. The zero-order valence-electron chi connectivity index (χ0n) is 11.0. The second-order valence-electron chi connectivity index (χ2n) is 4.68. The smallest absolute Gasteiger partial charge is 0.269 e. The maximum atomic E-state index is 13.1. The Morgan fingerprint density at radius 3 is 2.55 bits per heavy atom. The molecule has 2 rings (SSSR count). The molecule has 0 aliphatic heterocycles. The molecule has 0 aliphatic rings. The number of nitro groups is 1. The van der Waals surface area contributed by atoms with E-state index in [2.05, 4.69) is 5.32 Å². The first-order chi connectivity index (χ1) is 9.54. The summed E-state index contributed by atoms with van der Waals surface area (Å²) >= 11 is 0. The van der Waals surface area contributed by atoms with Crippen molar-refractivity contribution in [3.05, 3.63) is 70.0 Å². The second-order valence-corrected chi connectivity index (χ2v) is 4.68. The highest BCUT2D eigenvalue weighted by molar-refractivity contribution is 5.49. The summed E-state index contributed by atoms with van der Waals surface area (Å²) in [6, 6.07) is 12.8. The van der Waals surface area contributed by atoms with Crippen LogP contribution in [0.5, 0.6) is 0 Å². The Kier molecular flexibility index (Phi) is 4.30. The Hall–Kier alpha value is -2.43. The van der Waals surface area contributed by atoms with E-state index in [1.807, 2.05) is 13.0 Å². The Balaban J connectivity index is 1.97. The van der Waals surface area contributed by atoms with Crippen molar-refractivity contribution in [1.29, 1.82) is 0 Å². The number of rotatable bonds is 5. The summed E-state index contributed by atoms with van der Waals surface area (Å²) in [5.41, 5.74) is 1.78. The molecule has 20 heavy (non-hydrogen) atoms. The Morgan fingerprint density at radius 2 is 1.95 bits per heavy atom. The van der Waals surface area contributed by atoms with Gasteiger partial charge in [0.05, 0.1) is 4.92 Å². The van der Waals surface area contributed by atoms with Gasteiger partial charge in [-0.05, 0) is 43.2 Å². The second kappa shape index (κ2) is 6.14. The maximum absolute atomic E-state index is 13.1. The molecule has 2 aromatic rings. The monoisotopic (exact) mass is 274 g/mol. The maximum Gasteiger partial charge on any atom is 0.269 e. The molecule has 0 fully saturated rings. The van der Waals surface area contributed by atoms with Crippen molar-refractivity contribution < 1.29 is 9.31 Å². The number of hydrogen-bond acceptors (Lipinski definition) is 3. The van der Waals surface area contributed by atoms with E-state index in [0.717, 1.165) is 11.3 Å². The summed E-state index contributed by atoms with van der Waals surface area (Å²) in [5, 5.41) is 13.8. The third kappa shape index (κ3) is 3.78. The number of hydrogen-bond donors (Lipinski definition) is 1. The lowest BCUT2D eigenvalue weighted by Crippen LogP contribution is -2.18. The summed E-state index contributed by atoms with van der Waals surface area (Å²) in [6.07, 6.45) is 0.675. The molecule has 0 aromatic heterocycles. The molecule has 0 spiro atoms. The van der Waals surface area contributed by atoms with Crippen molar-refractivity contribution in [3.63, 3.8) is 0 Å². The molecule has 1 unspecified atom stereocenters. The molecule has 0 saturated carbocycles. The van der Waals surface area contributed by atoms with Crippen molar-refractivity contribution in [1.82, 2.24) is 0 Å². The van der Waals surface area contributed by atoms with Gasteiger partial charge in [0, 0.05) is 23.9 Å². The number of non-ortho nitro benzene ring substituents is 1. The van der Waals surface area contributed by atoms with Crippen LogP contribution in [0.4, 0.5) is 15.8 Å². The molecule has 2 aromatic carbocycles. The molecule has 1 N–H and O–H groups in total. The summed E-state index contributed by atoms with van der Waals surface area (Å²) in [7, 11) is 0. The molecule has 0 heterocycles. The molecular formula is C15H15FN2O2. The first-order valence-electron chi connectivity index (χ1n) is 6.30. The molecule has 0 amide bonds. The van der Waals surface area contributed by atoms with Gasteiger partial charge in [0.25, 0.3) is 5.69 Å². The number of nitrogens with one attached hydrogen (secondary N) is 1. The van der Waals surface area contributed by atoms with Gasteiger partial charge < -0.3 is 5.32 Å². The molecule has 104 valence electrons. The minimum atomic E-state index is -0.431. The van der Waals surface area contributed by atoms with Crippen molar-refractivity contribution in [2.45, 2.75) is 19.4 Å². The highest BCUT2D eigenvalue weighted by Crippen LogP contribution is 2.17. The third-order valence-electron chi connectivity index (χ3n) is 2.92. The molecule has 4 nitrogen and oxygen atoms in total.